The van der Waals surface area contributed by atoms with Crippen molar-refractivity contribution in [1.29, 1.82) is 0 Å². The maximum Gasteiger partial charge on any atom is 0.304 e. The van der Waals surface area contributed by atoms with E-state index >= 15 is 38.4 Å². The molecule has 0 bridgehead atoms. The maximum absolute atomic E-state index is 15.7. The van der Waals surface area contributed by atoms with Gasteiger partial charge in [0.05, 0.1) is 62.0 Å². The number of aromatic amines is 1. The van der Waals surface area contributed by atoms with Gasteiger partial charge in [0, 0.05) is 125 Å². The van der Waals surface area contributed by atoms with E-state index in [1.807, 2.05) is 13.0 Å². The number of ketones is 3. The average Bonchev–Trinajstić information content (AvgIpc) is 1.16. The second-order valence-corrected chi connectivity index (χ2v) is 36.3. The summed E-state index contributed by atoms with van der Waals surface area (Å²) in [5, 5.41) is 85.0. The van der Waals surface area contributed by atoms with Gasteiger partial charge < -0.3 is 109 Å². The Morgan fingerprint density at radius 3 is 1.77 bits per heavy atom. The molecule has 18 N–H and O–H groups in total. The number of thiophene rings is 1. The van der Waals surface area contributed by atoms with Crippen molar-refractivity contribution < 1.29 is 122 Å². The number of phenolic OH excluding ortho intramolecular Hbond substituents is 1. The summed E-state index contributed by atoms with van der Waals surface area (Å²) in [6, 6.07) is 2.03. The molecule has 2 aromatic heterocycles. The zero-order valence-electron chi connectivity index (χ0n) is 74.8. The quantitative estimate of drug-likeness (QED) is 0.0367. The van der Waals surface area contributed by atoms with Crippen LogP contribution in [0.5, 0.6) is 5.75 Å². The number of likely N-dealkylation sites (N-methyl/N-ethyl adjacent to an activating group) is 2. The van der Waals surface area contributed by atoms with E-state index in [9.17, 15) is 83.4 Å². The number of aliphatic carboxylic acids is 2. The largest absolute Gasteiger partial charge is 0.508 e. The van der Waals surface area contributed by atoms with Crippen molar-refractivity contribution in [2.75, 3.05) is 65.0 Å². The number of carbonyl (C=O) groups is 19. The first kappa shape index (κ1) is 104. The van der Waals surface area contributed by atoms with Crippen molar-refractivity contribution in [2.45, 2.75) is 234 Å². The van der Waals surface area contributed by atoms with Crippen molar-refractivity contribution in [2.24, 2.45) is 29.2 Å². The Kier molecular flexibility index (Phi) is 39.3. The van der Waals surface area contributed by atoms with Crippen LogP contribution in [0.25, 0.3) is 21.0 Å². The van der Waals surface area contributed by atoms with Crippen LogP contribution in [0.15, 0.2) is 84.4 Å². The number of H-pyrrole nitrogens is 1. The normalized spacial score (nSPS) is 25.6. The summed E-state index contributed by atoms with van der Waals surface area (Å²) < 4.78 is 0.785. The molecule has 4 fully saturated rings. The standard InChI is InChI=1S/C91H121N15O25S2/c1-5-7-19-68-84(124)97-61(29-31-79(117)118)72(111)39-55(81(121)95-43-77(93)115)47-132-49-78(116)96-63(34-50-24-27-56(109)28-25-50)90(130)104-32-14-13-21-67(104)74(113)38-52(40-80(119)120)88(128)105-33-15-22-69(105)85(125)100-65(45-107)73(112)37-51(26-30-76(92)114)87(127)106-44-57(110)41-71(106)86(126)98-62(35-53-42-94-60-18-11-9-16-58(53)60)82(122)101-66(46-108)83(123)99-64(36-54-48-133-75-23-12-10-17-59(54)75)89(129)103(4)70(20-8-6-2)91(131)102(68)3/h9-12,16-18,23-25,27-28,42,48,51-52,55,57,61-71,94,107-110H,5-8,13-15,19-22,26,29-41,43-47,49H2,1-4H3,(H2,92,114)(H2,93,115)(H,95,121)(H,96,116)(H,97,124)(H,98,126)(H,99,123)(H,100,125)(H,101,122)(H,117,118)(H,119,120)/t51-,52+,55+,57-,61+,62+,63+,64+,65+,66+,67+,68+,69+,70+,71+/m1/s1. The second-order valence-electron chi connectivity index (χ2n) is 34.4. The number of primary amides is 2. The Labute approximate surface area is 775 Å². The molecule has 15 atom stereocenters. The maximum atomic E-state index is 15.7. The molecule has 40 nitrogen and oxygen atoms in total. The molecule has 9 rings (SSSR count). The number of thioether (sulfide) groups is 1. The number of amides is 14. The zero-order valence-corrected chi connectivity index (χ0v) is 76.4. The number of aromatic hydroxyl groups is 1. The topological polar surface area (TPSA) is 614 Å². The van der Waals surface area contributed by atoms with Gasteiger partial charge in [-0.1, -0.05) is 88.1 Å². The number of phenols is 1. The fourth-order valence-electron chi connectivity index (χ4n) is 17.4. The molecule has 0 radical (unpaired) electrons. The van der Waals surface area contributed by atoms with Crippen LogP contribution in [0, 0.1) is 17.8 Å². The minimum atomic E-state index is -1.93. The number of carbonyl (C=O) groups excluding carboxylic acids is 17. The summed E-state index contributed by atoms with van der Waals surface area (Å²) in [4.78, 5) is 283. The number of benzene rings is 3. The Balaban J connectivity index is 1.09. The van der Waals surface area contributed by atoms with Gasteiger partial charge in [-0.3, -0.25) is 91.1 Å². The number of fused-ring (bicyclic) bond motifs is 5. The van der Waals surface area contributed by atoms with Gasteiger partial charge >= 0.3 is 11.9 Å². The van der Waals surface area contributed by atoms with Gasteiger partial charge in [0.2, 0.25) is 82.7 Å². The number of aliphatic hydroxyl groups excluding tert-OH is 3. The number of hydrogen-bond donors (Lipinski definition) is 16. The molecule has 4 aliphatic rings. The van der Waals surface area contributed by atoms with Crippen LogP contribution in [0.2, 0.25) is 0 Å². The lowest BCUT2D eigenvalue weighted by Gasteiger charge is -2.38. The molecule has 4 aliphatic heterocycles. The van der Waals surface area contributed by atoms with E-state index < -0.39 is 298 Å². The first-order chi connectivity index (χ1) is 63.4. The Morgan fingerprint density at radius 1 is 0.519 bits per heavy atom. The van der Waals surface area contributed by atoms with Crippen molar-refractivity contribution in [3.05, 3.63) is 101 Å². The molecule has 722 valence electrons. The molecule has 42 heteroatoms. The number of carboxylic acids is 2. The third-order valence-corrected chi connectivity index (χ3v) is 26.8. The van der Waals surface area contributed by atoms with E-state index in [0.29, 0.717) is 65.1 Å². The van der Waals surface area contributed by atoms with Crippen LogP contribution >= 0.6 is 23.1 Å². The number of hydrogen-bond acceptors (Lipinski definition) is 25. The molecule has 0 unspecified atom stereocenters. The minimum absolute atomic E-state index is 0.000499. The van der Waals surface area contributed by atoms with Crippen molar-refractivity contribution >= 4 is 156 Å². The van der Waals surface area contributed by atoms with Gasteiger partial charge in [0.15, 0.2) is 17.3 Å². The summed E-state index contributed by atoms with van der Waals surface area (Å²) in [5.41, 5.74) is 13.0. The zero-order chi connectivity index (χ0) is 97.0. The fraction of sp³-hybridized carbons (Fsp3) is 0.549. The van der Waals surface area contributed by atoms with Gasteiger partial charge in [-0.25, -0.2) is 0 Å². The van der Waals surface area contributed by atoms with Gasteiger partial charge in [0.1, 0.15) is 60.1 Å². The number of carboxylic acid groups (broad SMARTS) is 2. The first-order valence-electron chi connectivity index (χ1n) is 44.8. The highest BCUT2D eigenvalue weighted by Gasteiger charge is 2.47. The summed E-state index contributed by atoms with van der Waals surface area (Å²) >= 11 is 2.10. The van der Waals surface area contributed by atoms with Crippen LogP contribution in [0.4, 0.5) is 0 Å². The van der Waals surface area contributed by atoms with E-state index in [-0.39, 0.29) is 76.6 Å². The number of nitrogens with two attached hydrogens (primary N) is 2. The number of rotatable bonds is 25. The number of Topliss-reactive ketones (excluding diaryl/α,β-unsaturated/α-hetero) is 3. The molecule has 6 heterocycles. The molecule has 0 aliphatic carbocycles. The second kappa shape index (κ2) is 50.0. The Bertz CT molecular complexity index is 5070. The lowest BCUT2D eigenvalue weighted by atomic mass is 9.89. The first-order valence-corrected chi connectivity index (χ1v) is 46.9. The van der Waals surface area contributed by atoms with Gasteiger partial charge in [0.25, 0.3) is 0 Å². The molecule has 4 saturated heterocycles. The third kappa shape index (κ3) is 28.9. The number of aromatic nitrogens is 1. The molecule has 5 aromatic rings. The van der Waals surface area contributed by atoms with Crippen LogP contribution < -0.4 is 48.7 Å². The number of unbranched alkanes of at least 4 members (excludes halogenated alkanes) is 2. The van der Waals surface area contributed by atoms with Crippen molar-refractivity contribution in [3.63, 3.8) is 0 Å². The summed E-state index contributed by atoms with van der Waals surface area (Å²) in [6.07, 6.45) is -4.81. The highest BCUT2D eigenvalue weighted by Crippen LogP contribution is 2.33. The van der Waals surface area contributed by atoms with E-state index in [1.54, 1.807) is 61.0 Å². The van der Waals surface area contributed by atoms with Crippen LogP contribution in [-0.2, 0) is 110 Å². The van der Waals surface area contributed by atoms with Gasteiger partial charge in [-0.15, -0.1) is 11.3 Å². The van der Waals surface area contributed by atoms with E-state index in [1.165, 1.54) is 54.6 Å². The van der Waals surface area contributed by atoms with Crippen molar-refractivity contribution in [1.82, 2.24) is 66.7 Å². The SMILES string of the molecule is CCCC[C@H]1C(=O)N(C)[C@@H](CCCC)C(=O)N[C@@H](CCC(=O)O)C(=O)C[C@H](C(=O)NCC(N)=O)CSCC(=O)N[C@@H](Cc2ccc(O)cc2)C(=O)N2CCCC[C@H]2C(=O)C[C@@H](CC(=O)O)C(=O)N2CCC[C@H]2C(=O)N[C@@H](CO)C(=O)C[C@@H](CCC(N)=O)C(=O)N2C[C@H](O)C[C@H]2C(=O)N[C@@H](Cc2c[nH]c3ccccc23)C(=O)N[C@@H](CO)C(=O)N[C@@H](Cc2csc3ccccc23)C(=O)N1C. The van der Waals surface area contributed by atoms with E-state index in [0.717, 1.165) is 36.1 Å². The van der Waals surface area contributed by atoms with Crippen LogP contribution in [0.1, 0.15) is 159 Å². The number of nitrogens with zero attached hydrogens (tertiary/aromatic N) is 5. The van der Waals surface area contributed by atoms with E-state index in [2.05, 4.69) is 42.2 Å². The van der Waals surface area contributed by atoms with E-state index in [4.69, 9.17) is 11.5 Å². The minimum Gasteiger partial charge on any atom is -0.508 e. The molecule has 14 amide bonds. The smallest absolute Gasteiger partial charge is 0.304 e. The summed E-state index contributed by atoms with van der Waals surface area (Å²) in [6.45, 7) is -0.186. The summed E-state index contributed by atoms with van der Waals surface area (Å²) in [7, 11) is 2.61. The van der Waals surface area contributed by atoms with Crippen LogP contribution in [0.3, 0.4) is 0 Å². The average molecular weight is 1890 g/mol. The number of nitrogens with one attached hydrogen (secondary N) is 8. The lowest BCUT2D eigenvalue weighted by molar-refractivity contribution is -0.150. The predicted molar refractivity (Wildman–Crippen MR) is 484 cm³/mol. The van der Waals surface area contributed by atoms with Crippen LogP contribution in [-0.4, -0.2) is 310 Å². The third-order valence-electron chi connectivity index (χ3n) is 24.7. The number of para-hydroxylation sites is 1. The fourth-order valence-corrected chi connectivity index (χ4v) is 19.4. The molecule has 133 heavy (non-hydrogen) atoms. The molecular weight excluding hydrogens is 1770 g/mol. The highest BCUT2D eigenvalue weighted by atomic mass is 32.2. The molecular formula is C91H121N15O25S2. The van der Waals surface area contributed by atoms with Gasteiger partial charge in [-0.2, -0.15) is 11.8 Å². The Hall–Kier alpha value is -12.3. The molecule has 3 aromatic carbocycles. The highest BCUT2D eigenvalue weighted by molar-refractivity contribution is 7.99. The van der Waals surface area contributed by atoms with Crippen molar-refractivity contribution in [3.8, 4) is 5.75 Å². The number of aliphatic hydroxyl groups is 3. The van der Waals surface area contributed by atoms with Gasteiger partial charge in [-0.05, 0) is 110 Å². The molecule has 0 saturated carbocycles. The monoisotopic (exact) mass is 1890 g/mol. The molecule has 0 spiro atoms. The predicted octanol–water partition coefficient (Wildman–Crippen LogP) is 0.0573. The lowest BCUT2D eigenvalue weighted by Crippen LogP contribution is -2.61. The Morgan fingerprint density at radius 2 is 1.10 bits per heavy atom. The summed E-state index contributed by atoms with van der Waals surface area (Å²) in [5.74, 6) is -24.9. The number of piperidine rings is 1.